The van der Waals surface area contributed by atoms with E-state index in [1.54, 1.807) is 0 Å². The van der Waals surface area contributed by atoms with E-state index in [1.807, 2.05) is 31.2 Å². The van der Waals surface area contributed by atoms with Crippen molar-refractivity contribution >= 4 is 5.91 Å². The Kier molecular flexibility index (Phi) is 7.20. The number of benzene rings is 1. The normalized spacial score (nSPS) is 20.8. The van der Waals surface area contributed by atoms with Crippen LogP contribution >= 0.6 is 0 Å². The van der Waals surface area contributed by atoms with E-state index in [4.69, 9.17) is 9.47 Å². The van der Waals surface area contributed by atoms with Crippen LogP contribution in [0.1, 0.15) is 39.5 Å². The molecule has 0 bridgehead atoms. The molecule has 1 saturated heterocycles. The number of hydrogen-bond acceptors (Lipinski definition) is 4. The summed E-state index contributed by atoms with van der Waals surface area (Å²) in [5, 5.41) is 6.51. The van der Waals surface area contributed by atoms with Crippen molar-refractivity contribution < 1.29 is 14.3 Å². The van der Waals surface area contributed by atoms with E-state index >= 15 is 0 Å². The molecule has 2 N–H and O–H groups in total. The molecule has 128 valence electrons. The van der Waals surface area contributed by atoms with Gasteiger partial charge in [0.05, 0.1) is 13.2 Å². The molecule has 0 aliphatic carbocycles. The van der Waals surface area contributed by atoms with Gasteiger partial charge < -0.3 is 20.1 Å². The van der Waals surface area contributed by atoms with Crippen molar-refractivity contribution in [3.05, 3.63) is 24.3 Å². The van der Waals surface area contributed by atoms with Crippen molar-refractivity contribution in [1.29, 1.82) is 0 Å². The molecule has 2 atom stereocenters. The van der Waals surface area contributed by atoms with Crippen LogP contribution in [-0.2, 0) is 4.79 Å². The molecule has 1 aliphatic heterocycles. The lowest BCUT2D eigenvalue weighted by Crippen LogP contribution is -2.51. The Bertz CT molecular complexity index is 493. The van der Waals surface area contributed by atoms with E-state index in [-0.39, 0.29) is 11.9 Å². The number of nitrogens with one attached hydrogen (secondary N) is 2. The molecule has 1 amide bonds. The largest absolute Gasteiger partial charge is 0.490 e. The third-order valence-corrected chi connectivity index (χ3v) is 4.06. The van der Waals surface area contributed by atoms with Crippen LogP contribution in [-0.4, -0.2) is 37.7 Å². The molecule has 0 saturated carbocycles. The number of para-hydroxylation sites is 2. The maximum Gasteiger partial charge on any atom is 0.220 e. The molecular formula is C18H28N2O3. The second-order valence-corrected chi connectivity index (χ2v) is 5.89. The Morgan fingerprint density at radius 3 is 2.74 bits per heavy atom. The molecule has 0 radical (unpaired) electrons. The van der Waals surface area contributed by atoms with E-state index in [9.17, 15) is 4.79 Å². The summed E-state index contributed by atoms with van der Waals surface area (Å²) in [5.74, 6) is 1.59. The number of rotatable bonds is 8. The number of hydrogen-bond donors (Lipinski definition) is 2. The quantitative estimate of drug-likeness (QED) is 0.723. The molecule has 23 heavy (non-hydrogen) atoms. The van der Waals surface area contributed by atoms with Crippen LogP contribution in [0.3, 0.4) is 0 Å². The van der Waals surface area contributed by atoms with Crippen molar-refractivity contribution in [3.63, 3.8) is 0 Å². The number of carbonyl (C=O) groups is 1. The van der Waals surface area contributed by atoms with E-state index in [1.165, 1.54) is 0 Å². The molecule has 1 fully saturated rings. The highest BCUT2D eigenvalue weighted by Crippen LogP contribution is 2.26. The van der Waals surface area contributed by atoms with E-state index in [0.717, 1.165) is 30.9 Å². The molecule has 0 spiro atoms. The molecule has 2 rings (SSSR count). The van der Waals surface area contributed by atoms with Crippen LogP contribution in [0, 0.1) is 0 Å². The van der Waals surface area contributed by atoms with Crippen molar-refractivity contribution in [1.82, 2.24) is 10.6 Å². The standard InChI is InChI=1S/C18H28N2O3/c1-3-22-16-9-4-5-10-17(16)23-13-7-11-18(21)20-15-8-6-12-19-14(15)2/h4-5,9-10,14-15,19H,3,6-8,11-13H2,1-2H3,(H,20,21). The van der Waals surface area contributed by atoms with Crippen molar-refractivity contribution in [2.24, 2.45) is 0 Å². The van der Waals surface area contributed by atoms with Gasteiger partial charge >= 0.3 is 0 Å². The zero-order chi connectivity index (χ0) is 16.5. The highest BCUT2D eigenvalue weighted by atomic mass is 16.5. The molecule has 5 nitrogen and oxygen atoms in total. The van der Waals surface area contributed by atoms with Gasteiger partial charge in [0.15, 0.2) is 11.5 Å². The second-order valence-electron chi connectivity index (χ2n) is 5.89. The predicted molar refractivity (Wildman–Crippen MR) is 91.0 cm³/mol. The number of piperidine rings is 1. The molecule has 5 heteroatoms. The summed E-state index contributed by atoms with van der Waals surface area (Å²) in [7, 11) is 0. The van der Waals surface area contributed by atoms with Gasteiger partial charge in [-0.05, 0) is 51.8 Å². The van der Waals surface area contributed by atoms with Gasteiger partial charge in [0, 0.05) is 18.5 Å². The van der Waals surface area contributed by atoms with Gasteiger partial charge in [0.1, 0.15) is 0 Å². The fourth-order valence-electron chi connectivity index (χ4n) is 2.78. The Balaban J connectivity index is 1.68. The zero-order valence-corrected chi connectivity index (χ0v) is 14.1. The Hall–Kier alpha value is -1.75. The Morgan fingerprint density at radius 1 is 1.30 bits per heavy atom. The summed E-state index contributed by atoms with van der Waals surface area (Å²) in [6.07, 6.45) is 3.35. The molecule has 2 unspecified atom stereocenters. The second kappa shape index (κ2) is 9.40. The summed E-state index contributed by atoms with van der Waals surface area (Å²) >= 11 is 0. The molecule has 1 aromatic carbocycles. The molecule has 1 heterocycles. The summed E-state index contributed by atoms with van der Waals surface area (Å²) in [6.45, 7) is 6.23. The fourth-order valence-corrected chi connectivity index (χ4v) is 2.78. The van der Waals surface area contributed by atoms with Gasteiger partial charge in [-0.15, -0.1) is 0 Å². The lowest BCUT2D eigenvalue weighted by atomic mass is 10.00. The highest BCUT2D eigenvalue weighted by Gasteiger charge is 2.21. The van der Waals surface area contributed by atoms with Gasteiger partial charge in [0.25, 0.3) is 0 Å². The third kappa shape index (κ3) is 5.75. The zero-order valence-electron chi connectivity index (χ0n) is 14.1. The van der Waals surface area contributed by atoms with Gasteiger partial charge in [-0.25, -0.2) is 0 Å². The van der Waals surface area contributed by atoms with Gasteiger partial charge in [-0.2, -0.15) is 0 Å². The highest BCUT2D eigenvalue weighted by molar-refractivity contribution is 5.76. The summed E-state index contributed by atoms with van der Waals surface area (Å²) in [5.41, 5.74) is 0. The van der Waals surface area contributed by atoms with Crippen LogP contribution in [0.5, 0.6) is 11.5 Å². The van der Waals surface area contributed by atoms with Crippen LogP contribution in [0.25, 0.3) is 0 Å². The molecular weight excluding hydrogens is 292 g/mol. The van der Waals surface area contributed by atoms with E-state index < -0.39 is 0 Å². The monoisotopic (exact) mass is 320 g/mol. The smallest absolute Gasteiger partial charge is 0.220 e. The lowest BCUT2D eigenvalue weighted by molar-refractivity contribution is -0.122. The van der Waals surface area contributed by atoms with Crippen LogP contribution in [0.4, 0.5) is 0 Å². The Labute approximate surface area is 138 Å². The molecule has 1 aliphatic rings. The first-order valence-electron chi connectivity index (χ1n) is 8.58. The Morgan fingerprint density at radius 2 is 2.04 bits per heavy atom. The minimum absolute atomic E-state index is 0.104. The van der Waals surface area contributed by atoms with Crippen molar-refractivity contribution in [2.75, 3.05) is 19.8 Å². The van der Waals surface area contributed by atoms with Gasteiger partial charge in [0.2, 0.25) is 5.91 Å². The number of ether oxygens (including phenoxy) is 2. The minimum atomic E-state index is 0.104. The number of amides is 1. The summed E-state index contributed by atoms with van der Waals surface area (Å²) in [6, 6.07) is 8.22. The lowest BCUT2D eigenvalue weighted by Gasteiger charge is -2.30. The maximum atomic E-state index is 12.0. The third-order valence-electron chi connectivity index (χ3n) is 4.06. The SMILES string of the molecule is CCOc1ccccc1OCCCC(=O)NC1CCCNC1C. The summed E-state index contributed by atoms with van der Waals surface area (Å²) < 4.78 is 11.3. The van der Waals surface area contributed by atoms with E-state index in [0.29, 0.717) is 32.1 Å². The van der Waals surface area contributed by atoms with Crippen molar-refractivity contribution in [3.8, 4) is 11.5 Å². The van der Waals surface area contributed by atoms with Gasteiger partial charge in [-0.3, -0.25) is 4.79 Å². The van der Waals surface area contributed by atoms with Crippen LogP contribution in [0.15, 0.2) is 24.3 Å². The predicted octanol–water partition coefficient (Wildman–Crippen LogP) is 2.50. The van der Waals surface area contributed by atoms with Crippen LogP contribution in [0.2, 0.25) is 0 Å². The first-order chi connectivity index (χ1) is 11.2. The average Bonchev–Trinajstić information content (AvgIpc) is 2.55. The molecule has 0 aromatic heterocycles. The van der Waals surface area contributed by atoms with E-state index in [2.05, 4.69) is 17.6 Å². The van der Waals surface area contributed by atoms with Crippen LogP contribution < -0.4 is 20.1 Å². The molecule has 1 aromatic rings. The minimum Gasteiger partial charge on any atom is -0.490 e. The number of carbonyl (C=O) groups excluding carboxylic acids is 1. The topological polar surface area (TPSA) is 59.6 Å². The maximum absolute atomic E-state index is 12.0. The van der Waals surface area contributed by atoms with Crippen molar-refractivity contribution in [2.45, 2.75) is 51.6 Å². The average molecular weight is 320 g/mol. The first-order valence-corrected chi connectivity index (χ1v) is 8.58. The van der Waals surface area contributed by atoms with Gasteiger partial charge in [-0.1, -0.05) is 12.1 Å². The first kappa shape index (κ1) is 17.6. The summed E-state index contributed by atoms with van der Waals surface area (Å²) in [4.78, 5) is 12.0. The fraction of sp³-hybridized carbons (Fsp3) is 0.611.